The number of carbonyl (C=O) groups excluding carboxylic acids is 2. The maximum absolute atomic E-state index is 12.4. The van der Waals surface area contributed by atoms with Crippen LogP contribution in [0, 0.1) is 13.8 Å². The summed E-state index contributed by atoms with van der Waals surface area (Å²) in [5.41, 5.74) is 3.67. The van der Waals surface area contributed by atoms with E-state index in [1.165, 1.54) is 17.3 Å². The van der Waals surface area contributed by atoms with Gasteiger partial charge in [0.05, 0.1) is 23.6 Å². The molecule has 1 aromatic carbocycles. The maximum atomic E-state index is 12.4. The average Bonchev–Trinajstić information content (AvgIpc) is 3.05. The average molecular weight is 425 g/mol. The Balaban J connectivity index is 1.58. The van der Waals surface area contributed by atoms with E-state index in [0.29, 0.717) is 16.7 Å². The first-order valence-electron chi connectivity index (χ1n) is 9.46. The number of benzene rings is 1. The van der Waals surface area contributed by atoms with Crippen molar-refractivity contribution in [2.45, 2.75) is 37.6 Å². The Bertz CT molecular complexity index is 1050. The predicted octanol–water partition coefficient (Wildman–Crippen LogP) is 3.13. The van der Waals surface area contributed by atoms with Gasteiger partial charge in [0.25, 0.3) is 0 Å². The van der Waals surface area contributed by atoms with Gasteiger partial charge in [-0.25, -0.2) is 0 Å². The van der Waals surface area contributed by atoms with Crippen molar-refractivity contribution in [2.75, 3.05) is 10.6 Å². The lowest BCUT2D eigenvalue weighted by Gasteiger charge is -2.11. The van der Waals surface area contributed by atoms with Gasteiger partial charge in [-0.05, 0) is 56.2 Å². The maximum Gasteiger partial charge on any atom is 0.237 e. The molecule has 9 heteroatoms. The molecule has 0 radical (unpaired) electrons. The largest absolute Gasteiger partial charge is 0.326 e. The molecular formula is C21H24N6O2S. The van der Waals surface area contributed by atoms with Crippen molar-refractivity contribution in [3.05, 3.63) is 59.7 Å². The Hall–Kier alpha value is -3.20. The van der Waals surface area contributed by atoms with Gasteiger partial charge in [-0.2, -0.15) is 0 Å². The number of nitrogens with one attached hydrogen (secondary N) is 2. The van der Waals surface area contributed by atoms with E-state index in [2.05, 4.69) is 25.8 Å². The Morgan fingerprint density at radius 2 is 1.90 bits per heavy atom. The molecule has 3 rings (SSSR count). The topological polar surface area (TPSA) is 102 Å². The van der Waals surface area contributed by atoms with Crippen LogP contribution in [0.15, 0.2) is 47.9 Å². The third-order valence-corrected chi connectivity index (χ3v) is 5.75. The fraction of sp³-hybridized carbons (Fsp3) is 0.286. The minimum absolute atomic E-state index is 0.0905. The third-order valence-electron chi connectivity index (χ3n) is 4.61. The number of nitrogens with zero attached hydrogens (tertiary/aromatic N) is 4. The third kappa shape index (κ3) is 5.44. The summed E-state index contributed by atoms with van der Waals surface area (Å²) in [6.07, 6.45) is 3.32. The minimum atomic E-state index is -0.398. The number of rotatable bonds is 7. The highest BCUT2D eigenvalue weighted by atomic mass is 32.2. The van der Waals surface area contributed by atoms with Gasteiger partial charge in [0.2, 0.25) is 11.8 Å². The summed E-state index contributed by atoms with van der Waals surface area (Å²) in [5.74, 6) is 0.191. The monoisotopic (exact) mass is 424 g/mol. The lowest BCUT2D eigenvalue weighted by Crippen LogP contribution is -2.23. The molecule has 0 saturated carbocycles. The summed E-state index contributed by atoms with van der Waals surface area (Å²) < 4.78 is 1.73. The Morgan fingerprint density at radius 1 is 1.10 bits per heavy atom. The molecule has 0 aliphatic heterocycles. The lowest BCUT2D eigenvalue weighted by molar-refractivity contribution is -0.116. The van der Waals surface area contributed by atoms with Crippen LogP contribution in [0.25, 0.3) is 0 Å². The first kappa shape index (κ1) is 21.5. The van der Waals surface area contributed by atoms with E-state index in [1.54, 1.807) is 43.1 Å². The minimum Gasteiger partial charge on any atom is -0.326 e. The van der Waals surface area contributed by atoms with Gasteiger partial charge in [0, 0.05) is 18.9 Å². The molecule has 30 heavy (non-hydrogen) atoms. The van der Waals surface area contributed by atoms with E-state index in [0.717, 1.165) is 11.3 Å². The zero-order valence-corrected chi connectivity index (χ0v) is 18.2. The van der Waals surface area contributed by atoms with E-state index in [1.807, 2.05) is 32.0 Å². The van der Waals surface area contributed by atoms with E-state index in [4.69, 9.17) is 0 Å². The molecule has 0 spiro atoms. The van der Waals surface area contributed by atoms with E-state index in [-0.39, 0.29) is 18.2 Å². The molecule has 1 unspecified atom stereocenters. The molecule has 0 fully saturated rings. The molecule has 0 bridgehead atoms. The molecule has 156 valence electrons. The molecule has 2 N–H and O–H groups in total. The molecule has 2 amide bonds. The number of carbonyl (C=O) groups is 2. The van der Waals surface area contributed by atoms with Crippen LogP contribution >= 0.6 is 11.8 Å². The van der Waals surface area contributed by atoms with Crippen molar-refractivity contribution in [2.24, 2.45) is 7.05 Å². The summed E-state index contributed by atoms with van der Waals surface area (Å²) in [4.78, 5) is 28.8. The molecule has 0 saturated heterocycles. The van der Waals surface area contributed by atoms with Crippen LogP contribution in [-0.2, 0) is 23.1 Å². The molecule has 1 atom stereocenters. The fourth-order valence-electron chi connectivity index (χ4n) is 2.66. The highest BCUT2D eigenvalue weighted by Gasteiger charge is 2.20. The zero-order valence-electron chi connectivity index (χ0n) is 17.3. The fourth-order valence-corrected chi connectivity index (χ4v) is 3.50. The predicted molar refractivity (Wildman–Crippen MR) is 117 cm³/mol. The molecule has 3 aromatic rings. The van der Waals surface area contributed by atoms with Crippen molar-refractivity contribution in [3.8, 4) is 0 Å². The SMILES string of the molecule is Cc1ccc(NC(=O)Cc2nnc(SC(C)C(=O)Nc3cccnc3)n2C)cc1C. The van der Waals surface area contributed by atoms with Crippen molar-refractivity contribution in [1.29, 1.82) is 0 Å². The second kappa shape index (κ2) is 9.53. The second-order valence-electron chi connectivity index (χ2n) is 6.97. The van der Waals surface area contributed by atoms with Gasteiger partial charge in [0.15, 0.2) is 5.16 Å². The number of hydrogen-bond acceptors (Lipinski definition) is 6. The Kier molecular flexibility index (Phi) is 6.83. The summed E-state index contributed by atoms with van der Waals surface area (Å²) in [5, 5.41) is 14.1. The van der Waals surface area contributed by atoms with Crippen LogP contribution in [0.5, 0.6) is 0 Å². The summed E-state index contributed by atoms with van der Waals surface area (Å²) in [6, 6.07) is 9.32. The van der Waals surface area contributed by atoms with Crippen molar-refractivity contribution >= 4 is 35.0 Å². The molecule has 8 nitrogen and oxygen atoms in total. The van der Waals surface area contributed by atoms with Crippen LogP contribution in [-0.4, -0.2) is 36.8 Å². The molecule has 0 aliphatic carbocycles. The first-order chi connectivity index (χ1) is 14.3. The highest BCUT2D eigenvalue weighted by molar-refractivity contribution is 8.00. The number of aryl methyl sites for hydroxylation is 2. The molecule has 2 aromatic heterocycles. The lowest BCUT2D eigenvalue weighted by atomic mass is 10.1. The van der Waals surface area contributed by atoms with Crippen LogP contribution in [0.1, 0.15) is 23.9 Å². The van der Waals surface area contributed by atoms with Crippen LogP contribution in [0.2, 0.25) is 0 Å². The Labute approximate surface area is 179 Å². The van der Waals surface area contributed by atoms with Gasteiger partial charge in [-0.15, -0.1) is 10.2 Å². The van der Waals surface area contributed by atoms with Crippen LogP contribution < -0.4 is 10.6 Å². The first-order valence-corrected chi connectivity index (χ1v) is 10.3. The van der Waals surface area contributed by atoms with E-state index >= 15 is 0 Å². The van der Waals surface area contributed by atoms with Gasteiger partial charge >= 0.3 is 0 Å². The zero-order chi connectivity index (χ0) is 21.7. The number of hydrogen-bond donors (Lipinski definition) is 2. The number of thioether (sulfide) groups is 1. The van der Waals surface area contributed by atoms with Crippen LogP contribution in [0.4, 0.5) is 11.4 Å². The standard InChI is InChI=1S/C21H24N6O2S/c1-13-7-8-16(10-14(13)2)23-19(28)11-18-25-26-21(27(18)4)30-15(3)20(29)24-17-6-5-9-22-12-17/h5-10,12,15H,11H2,1-4H3,(H,23,28)(H,24,29). The van der Waals surface area contributed by atoms with Gasteiger partial charge in [0.1, 0.15) is 5.82 Å². The van der Waals surface area contributed by atoms with E-state index < -0.39 is 5.25 Å². The highest BCUT2D eigenvalue weighted by Crippen LogP contribution is 2.23. The van der Waals surface area contributed by atoms with Crippen LogP contribution in [0.3, 0.4) is 0 Å². The van der Waals surface area contributed by atoms with Crippen molar-refractivity contribution in [3.63, 3.8) is 0 Å². The molecule has 0 aliphatic rings. The Morgan fingerprint density at radius 3 is 2.60 bits per heavy atom. The molecular weight excluding hydrogens is 400 g/mol. The normalized spacial score (nSPS) is 11.7. The number of anilines is 2. The number of pyridine rings is 1. The summed E-state index contributed by atoms with van der Waals surface area (Å²) in [6.45, 7) is 5.82. The van der Waals surface area contributed by atoms with Gasteiger partial charge in [-0.1, -0.05) is 17.8 Å². The van der Waals surface area contributed by atoms with E-state index in [9.17, 15) is 9.59 Å². The van der Waals surface area contributed by atoms with Crippen molar-refractivity contribution < 1.29 is 9.59 Å². The van der Waals surface area contributed by atoms with Gasteiger partial charge in [-0.3, -0.25) is 14.6 Å². The second-order valence-corrected chi connectivity index (χ2v) is 8.28. The van der Waals surface area contributed by atoms with Gasteiger partial charge < -0.3 is 15.2 Å². The number of amides is 2. The summed E-state index contributed by atoms with van der Waals surface area (Å²) in [7, 11) is 1.78. The smallest absolute Gasteiger partial charge is 0.237 e. The van der Waals surface area contributed by atoms with Crippen molar-refractivity contribution in [1.82, 2.24) is 19.7 Å². The summed E-state index contributed by atoms with van der Waals surface area (Å²) >= 11 is 1.28. The number of aromatic nitrogens is 4. The quantitative estimate of drug-likeness (QED) is 0.565. The molecule has 2 heterocycles.